The number of ether oxygens (including phenoxy) is 1. The van der Waals surface area contributed by atoms with Crippen LogP contribution < -0.4 is 0 Å². The van der Waals surface area contributed by atoms with E-state index in [0.717, 1.165) is 0 Å². The van der Waals surface area contributed by atoms with Crippen molar-refractivity contribution in [2.45, 2.75) is 25.4 Å². The Morgan fingerprint density at radius 1 is 1.07 bits per heavy atom. The molecule has 0 heterocycles. The monoisotopic (exact) mass is 258 g/mol. The Hall–Kier alpha value is -0.170. The molecule has 8 heteroatoms. The van der Waals surface area contributed by atoms with Gasteiger partial charge >= 0.3 is 12.4 Å². The highest BCUT2D eigenvalue weighted by molar-refractivity contribution is 6.18. The van der Waals surface area contributed by atoms with Crippen LogP contribution in [0, 0.1) is 5.92 Å². The van der Waals surface area contributed by atoms with Gasteiger partial charge in [0.1, 0.15) is 0 Å². The number of halogens is 7. The maximum Gasteiger partial charge on any atom is 0.423 e. The summed E-state index contributed by atoms with van der Waals surface area (Å²) >= 11 is 5.22. The highest BCUT2D eigenvalue weighted by atomic mass is 35.5. The van der Waals surface area contributed by atoms with E-state index in [1.807, 2.05) is 0 Å². The summed E-state index contributed by atoms with van der Waals surface area (Å²) in [4.78, 5) is 0. The maximum absolute atomic E-state index is 11.9. The van der Waals surface area contributed by atoms with Gasteiger partial charge < -0.3 is 4.74 Å². The van der Waals surface area contributed by atoms with Crippen molar-refractivity contribution in [3.05, 3.63) is 0 Å². The van der Waals surface area contributed by atoms with E-state index in [2.05, 4.69) is 4.74 Å². The molecule has 15 heavy (non-hydrogen) atoms. The average Bonchev–Trinajstić information content (AvgIpc) is 1.99. The summed E-state index contributed by atoms with van der Waals surface area (Å²) in [6.07, 6.45) is -14.6. The Morgan fingerprint density at radius 3 is 1.73 bits per heavy atom. The normalized spacial score (nSPS) is 15.8. The minimum atomic E-state index is -5.45. The predicted molar refractivity (Wildman–Crippen MR) is 41.7 cm³/mol. The summed E-state index contributed by atoms with van der Waals surface area (Å²) in [7, 11) is 0. The number of hydrogen-bond acceptors (Lipinski definition) is 1. The van der Waals surface area contributed by atoms with Crippen molar-refractivity contribution in [1.29, 1.82) is 0 Å². The Bertz CT molecular complexity index is 175. The third-order valence-electron chi connectivity index (χ3n) is 1.41. The van der Waals surface area contributed by atoms with Crippen LogP contribution in [0.4, 0.5) is 26.3 Å². The van der Waals surface area contributed by atoms with Crippen LogP contribution in [0.25, 0.3) is 0 Å². The molecule has 0 amide bonds. The summed E-state index contributed by atoms with van der Waals surface area (Å²) in [5, 5.41) is 0. The van der Waals surface area contributed by atoms with E-state index >= 15 is 0 Å². The Kier molecular flexibility index (Phi) is 5.19. The zero-order valence-electron chi connectivity index (χ0n) is 7.62. The van der Waals surface area contributed by atoms with E-state index in [0.29, 0.717) is 0 Å². The van der Waals surface area contributed by atoms with Gasteiger partial charge in [0.15, 0.2) is 0 Å². The molecular formula is C7H9ClF6O. The van der Waals surface area contributed by atoms with Crippen LogP contribution in [-0.2, 0) is 4.74 Å². The van der Waals surface area contributed by atoms with Crippen molar-refractivity contribution < 1.29 is 31.1 Å². The quantitative estimate of drug-likeness (QED) is 0.555. The summed E-state index contributed by atoms with van der Waals surface area (Å²) in [5.41, 5.74) is 0. The van der Waals surface area contributed by atoms with Gasteiger partial charge in [0.05, 0.1) is 6.61 Å². The molecule has 0 aliphatic heterocycles. The largest absolute Gasteiger partial charge is 0.423 e. The van der Waals surface area contributed by atoms with Crippen molar-refractivity contribution in [2.24, 2.45) is 5.92 Å². The van der Waals surface area contributed by atoms with Crippen LogP contribution >= 0.6 is 11.6 Å². The second-order valence-corrected chi connectivity index (χ2v) is 3.36. The zero-order valence-corrected chi connectivity index (χ0v) is 8.38. The average molecular weight is 259 g/mol. The lowest BCUT2D eigenvalue weighted by atomic mass is 10.2. The topological polar surface area (TPSA) is 9.23 Å². The summed E-state index contributed by atoms with van der Waals surface area (Å²) in [5.74, 6) is -0.638. The first-order valence-electron chi connectivity index (χ1n) is 3.90. The number of alkyl halides is 7. The van der Waals surface area contributed by atoms with Gasteiger partial charge in [-0.1, -0.05) is 6.92 Å². The van der Waals surface area contributed by atoms with Crippen LogP contribution in [0.3, 0.4) is 0 Å². The lowest BCUT2D eigenvalue weighted by molar-refractivity contribution is -0.323. The standard InChI is InChI=1S/C7H9ClF6O/c1-4(2-8)3-15-5(6(9,10)11)7(12,13)14/h4-5H,2-3H2,1H3. The summed E-state index contributed by atoms with van der Waals surface area (Å²) in [6, 6.07) is 0. The van der Waals surface area contributed by atoms with E-state index < -0.39 is 31.0 Å². The van der Waals surface area contributed by atoms with Crippen LogP contribution in [0.15, 0.2) is 0 Å². The zero-order chi connectivity index (χ0) is 12.3. The number of hydrogen-bond donors (Lipinski definition) is 0. The minimum absolute atomic E-state index is 0.0670. The van der Waals surface area contributed by atoms with Crippen molar-refractivity contribution >= 4 is 11.6 Å². The summed E-state index contributed by atoms with van der Waals surface area (Å²) < 4.78 is 75.1. The third kappa shape index (κ3) is 5.46. The van der Waals surface area contributed by atoms with Crippen molar-refractivity contribution in [3.8, 4) is 0 Å². The fourth-order valence-electron chi connectivity index (χ4n) is 0.680. The molecule has 0 aliphatic carbocycles. The van der Waals surface area contributed by atoms with Crippen LogP contribution in [0.2, 0.25) is 0 Å². The van der Waals surface area contributed by atoms with Crippen molar-refractivity contribution in [3.63, 3.8) is 0 Å². The molecular weight excluding hydrogens is 250 g/mol. The van der Waals surface area contributed by atoms with Crippen molar-refractivity contribution in [1.82, 2.24) is 0 Å². The first-order valence-corrected chi connectivity index (χ1v) is 4.43. The SMILES string of the molecule is CC(CCl)COC(C(F)(F)F)C(F)(F)F. The first-order chi connectivity index (χ1) is 6.59. The fourth-order valence-corrected chi connectivity index (χ4v) is 0.769. The third-order valence-corrected chi connectivity index (χ3v) is 1.93. The van der Waals surface area contributed by atoms with Gasteiger partial charge in [0.2, 0.25) is 6.10 Å². The molecule has 1 unspecified atom stereocenters. The van der Waals surface area contributed by atoms with E-state index in [4.69, 9.17) is 11.6 Å². The molecule has 0 bridgehead atoms. The second-order valence-electron chi connectivity index (χ2n) is 3.06. The van der Waals surface area contributed by atoms with Gasteiger partial charge in [0, 0.05) is 5.88 Å². The molecule has 0 aromatic rings. The first kappa shape index (κ1) is 14.8. The molecule has 0 aromatic carbocycles. The van der Waals surface area contributed by atoms with Gasteiger partial charge in [-0.3, -0.25) is 0 Å². The van der Waals surface area contributed by atoms with Crippen LogP contribution in [0.5, 0.6) is 0 Å². The minimum Gasteiger partial charge on any atom is -0.361 e. The molecule has 0 fully saturated rings. The molecule has 0 saturated heterocycles. The molecule has 1 nitrogen and oxygen atoms in total. The highest BCUT2D eigenvalue weighted by Crippen LogP contribution is 2.35. The van der Waals surface area contributed by atoms with E-state index in [1.165, 1.54) is 6.92 Å². The molecule has 0 aromatic heterocycles. The van der Waals surface area contributed by atoms with Gasteiger partial charge in [-0.25, -0.2) is 0 Å². The maximum atomic E-state index is 11.9. The van der Waals surface area contributed by atoms with Crippen molar-refractivity contribution in [2.75, 3.05) is 12.5 Å². The second kappa shape index (κ2) is 5.25. The predicted octanol–water partition coefficient (Wildman–Crippen LogP) is 3.37. The van der Waals surface area contributed by atoms with E-state index in [9.17, 15) is 26.3 Å². The van der Waals surface area contributed by atoms with Gasteiger partial charge in [0.25, 0.3) is 0 Å². The fraction of sp³-hybridized carbons (Fsp3) is 1.00. The highest BCUT2D eigenvalue weighted by Gasteiger charge is 2.57. The van der Waals surface area contributed by atoms with Crippen LogP contribution in [-0.4, -0.2) is 30.9 Å². The van der Waals surface area contributed by atoms with Gasteiger partial charge in [-0.2, -0.15) is 26.3 Å². The van der Waals surface area contributed by atoms with Gasteiger partial charge in [-0.05, 0) is 5.92 Å². The molecule has 0 N–H and O–H groups in total. The number of rotatable bonds is 4. The molecule has 0 saturated carbocycles. The molecule has 0 aliphatic rings. The van der Waals surface area contributed by atoms with E-state index in [1.54, 1.807) is 0 Å². The molecule has 0 rings (SSSR count). The Labute approximate surface area is 87.3 Å². The Balaban J connectivity index is 4.42. The molecule has 92 valence electrons. The molecule has 0 spiro atoms. The van der Waals surface area contributed by atoms with E-state index in [-0.39, 0.29) is 5.88 Å². The van der Waals surface area contributed by atoms with Crippen LogP contribution in [0.1, 0.15) is 6.92 Å². The Morgan fingerprint density at radius 2 is 1.47 bits per heavy atom. The lowest BCUT2D eigenvalue weighted by Crippen LogP contribution is -2.45. The molecule has 0 radical (unpaired) electrons. The lowest BCUT2D eigenvalue weighted by Gasteiger charge is -2.24. The molecule has 1 atom stereocenters. The smallest absolute Gasteiger partial charge is 0.361 e. The summed E-state index contributed by atoms with van der Waals surface area (Å²) in [6.45, 7) is 0.698. The van der Waals surface area contributed by atoms with Gasteiger partial charge in [-0.15, -0.1) is 11.6 Å².